The maximum Gasteiger partial charge on any atom is 0.289 e. The molecule has 3 N–H and O–H groups in total. The molecular formula is C19H27N3O6S. The van der Waals surface area contributed by atoms with E-state index in [2.05, 4.69) is 15.4 Å². The van der Waals surface area contributed by atoms with Crippen LogP contribution in [0.2, 0.25) is 0 Å². The first kappa shape index (κ1) is 23.0. The summed E-state index contributed by atoms with van der Waals surface area (Å²) >= 11 is 0. The second kappa shape index (κ2) is 10.5. The Bertz CT molecular complexity index is 826. The second-order valence-corrected chi connectivity index (χ2v) is 8.94. The van der Waals surface area contributed by atoms with Crippen molar-refractivity contribution in [1.82, 2.24) is 15.4 Å². The summed E-state index contributed by atoms with van der Waals surface area (Å²) in [5.74, 6) is -2.31. The van der Waals surface area contributed by atoms with Gasteiger partial charge in [0.2, 0.25) is 21.7 Å². The Morgan fingerprint density at radius 1 is 1.24 bits per heavy atom. The minimum absolute atomic E-state index is 0.00000659. The molecular weight excluding hydrogens is 398 g/mol. The van der Waals surface area contributed by atoms with Gasteiger partial charge in [0.15, 0.2) is 0 Å². The summed E-state index contributed by atoms with van der Waals surface area (Å²) in [6.07, 6.45) is 0.762. The molecule has 9 nitrogen and oxygen atoms in total. The molecule has 1 aliphatic heterocycles. The van der Waals surface area contributed by atoms with Crippen LogP contribution in [0.5, 0.6) is 0 Å². The summed E-state index contributed by atoms with van der Waals surface area (Å²) in [6.45, 7) is 4.17. The minimum atomic E-state index is -3.94. The first-order chi connectivity index (χ1) is 13.7. The molecule has 0 aliphatic carbocycles. The topological polar surface area (TPSA) is 131 Å². The highest BCUT2D eigenvalue weighted by Gasteiger charge is 2.32. The third kappa shape index (κ3) is 6.91. The first-order valence-corrected chi connectivity index (χ1v) is 11.0. The van der Waals surface area contributed by atoms with E-state index in [0.29, 0.717) is 19.6 Å². The average Bonchev–Trinajstić information content (AvgIpc) is 2.74. The lowest BCUT2D eigenvalue weighted by Crippen LogP contribution is -2.55. The van der Waals surface area contributed by atoms with Crippen molar-refractivity contribution in [2.45, 2.75) is 43.7 Å². The van der Waals surface area contributed by atoms with E-state index >= 15 is 0 Å². The normalized spacial score (nSPS) is 19.6. The van der Waals surface area contributed by atoms with Gasteiger partial charge in [-0.15, -0.1) is 0 Å². The van der Waals surface area contributed by atoms with Crippen molar-refractivity contribution in [3.63, 3.8) is 0 Å². The van der Waals surface area contributed by atoms with Gasteiger partial charge >= 0.3 is 0 Å². The highest BCUT2D eigenvalue weighted by molar-refractivity contribution is 7.89. The quantitative estimate of drug-likeness (QED) is 0.526. The van der Waals surface area contributed by atoms with Gasteiger partial charge in [-0.2, -0.15) is 4.72 Å². The van der Waals surface area contributed by atoms with Gasteiger partial charge in [-0.25, -0.2) is 8.42 Å². The van der Waals surface area contributed by atoms with E-state index in [0.717, 1.165) is 0 Å². The predicted octanol–water partition coefficient (Wildman–Crippen LogP) is -0.0300. The van der Waals surface area contributed by atoms with Gasteiger partial charge in [0.05, 0.1) is 11.5 Å². The standard InChI is InChI=1S/C19H27N3O6S/c1-13(2)11-15(22-29(26,27)14-7-4-3-5-8-14)18(24)21-16-12-28-10-6-9-20-19(25)17(16)23/h3-5,7-8,13,15-16,22H,6,9-12H2,1-2H3,(H,20,25)(H,21,24). The molecule has 0 radical (unpaired) electrons. The molecule has 1 aromatic rings. The molecule has 1 fully saturated rings. The number of carbonyl (C=O) groups excluding carboxylic acids is 3. The van der Waals surface area contributed by atoms with Crippen molar-refractivity contribution < 1.29 is 27.5 Å². The van der Waals surface area contributed by atoms with Gasteiger partial charge in [0.1, 0.15) is 12.1 Å². The Morgan fingerprint density at radius 3 is 2.59 bits per heavy atom. The largest absolute Gasteiger partial charge is 0.379 e. The Hall–Kier alpha value is -2.30. The first-order valence-electron chi connectivity index (χ1n) is 9.48. The van der Waals surface area contributed by atoms with Crippen LogP contribution in [0.3, 0.4) is 0 Å². The summed E-state index contributed by atoms with van der Waals surface area (Å²) < 4.78 is 33.0. The monoisotopic (exact) mass is 425 g/mol. The lowest BCUT2D eigenvalue weighted by molar-refractivity contribution is -0.140. The minimum Gasteiger partial charge on any atom is -0.379 e. The Labute approximate surface area is 170 Å². The van der Waals surface area contributed by atoms with E-state index in [1.54, 1.807) is 18.2 Å². The van der Waals surface area contributed by atoms with Crippen LogP contribution in [0, 0.1) is 5.92 Å². The zero-order valence-electron chi connectivity index (χ0n) is 16.5. The molecule has 1 aromatic carbocycles. The van der Waals surface area contributed by atoms with Crippen molar-refractivity contribution in [3.05, 3.63) is 30.3 Å². The number of sulfonamides is 1. The molecule has 2 atom stereocenters. The number of ether oxygens (including phenoxy) is 1. The summed E-state index contributed by atoms with van der Waals surface area (Å²) in [6, 6.07) is 5.40. The fourth-order valence-electron chi connectivity index (χ4n) is 2.81. The Kier molecular flexibility index (Phi) is 8.30. The molecule has 2 rings (SSSR count). The molecule has 2 amide bonds. The molecule has 10 heteroatoms. The third-order valence-electron chi connectivity index (χ3n) is 4.27. The number of benzene rings is 1. The van der Waals surface area contributed by atoms with Crippen LogP contribution < -0.4 is 15.4 Å². The van der Waals surface area contributed by atoms with Crippen LogP contribution in [-0.4, -0.2) is 57.9 Å². The van der Waals surface area contributed by atoms with Crippen LogP contribution in [0.1, 0.15) is 26.7 Å². The number of amides is 2. The van der Waals surface area contributed by atoms with Crippen molar-refractivity contribution in [3.8, 4) is 0 Å². The molecule has 29 heavy (non-hydrogen) atoms. The molecule has 2 unspecified atom stereocenters. The smallest absolute Gasteiger partial charge is 0.289 e. The molecule has 0 bridgehead atoms. The van der Waals surface area contributed by atoms with E-state index in [9.17, 15) is 22.8 Å². The van der Waals surface area contributed by atoms with Crippen molar-refractivity contribution in [2.75, 3.05) is 19.8 Å². The van der Waals surface area contributed by atoms with Gasteiger partial charge in [-0.1, -0.05) is 32.0 Å². The molecule has 160 valence electrons. The molecule has 0 spiro atoms. The summed E-state index contributed by atoms with van der Waals surface area (Å²) in [7, 11) is -3.94. The van der Waals surface area contributed by atoms with Crippen LogP contribution >= 0.6 is 0 Å². The van der Waals surface area contributed by atoms with Gasteiger partial charge in [-0.05, 0) is 30.9 Å². The van der Waals surface area contributed by atoms with Crippen molar-refractivity contribution in [1.29, 1.82) is 0 Å². The second-order valence-electron chi connectivity index (χ2n) is 7.23. The van der Waals surface area contributed by atoms with Gasteiger partial charge in [0.25, 0.3) is 5.91 Å². The van der Waals surface area contributed by atoms with Gasteiger partial charge in [0, 0.05) is 13.2 Å². The lowest BCUT2D eigenvalue weighted by Gasteiger charge is -2.23. The SMILES string of the molecule is CC(C)CC(NS(=O)(=O)c1ccccc1)C(=O)NC1COCCCNC(=O)C1=O. The Morgan fingerprint density at radius 2 is 1.93 bits per heavy atom. The van der Waals surface area contributed by atoms with E-state index in [1.165, 1.54) is 12.1 Å². The maximum atomic E-state index is 12.8. The van der Waals surface area contributed by atoms with Gasteiger partial charge < -0.3 is 15.4 Å². The van der Waals surface area contributed by atoms with E-state index in [-0.39, 0.29) is 23.8 Å². The van der Waals surface area contributed by atoms with Crippen molar-refractivity contribution in [2.24, 2.45) is 5.92 Å². The number of hydrogen-bond donors (Lipinski definition) is 3. The highest BCUT2D eigenvalue weighted by Crippen LogP contribution is 2.12. The fourth-order valence-corrected chi connectivity index (χ4v) is 4.04. The van der Waals surface area contributed by atoms with E-state index in [4.69, 9.17) is 4.74 Å². The number of rotatable bonds is 7. The van der Waals surface area contributed by atoms with Crippen LogP contribution in [0.4, 0.5) is 0 Å². The lowest BCUT2D eigenvalue weighted by atomic mass is 10.0. The number of nitrogens with one attached hydrogen (secondary N) is 3. The van der Waals surface area contributed by atoms with Crippen LogP contribution in [0.25, 0.3) is 0 Å². The predicted molar refractivity (Wildman–Crippen MR) is 105 cm³/mol. The summed E-state index contributed by atoms with van der Waals surface area (Å²) in [4.78, 5) is 37.0. The average molecular weight is 426 g/mol. The van der Waals surface area contributed by atoms with Crippen LogP contribution in [-0.2, 0) is 29.1 Å². The molecule has 1 aliphatic rings. The summed E-state index contributed by atoms with van der Waals surface area (Å²) in [5, 5.41) is 4.94. The molecule has 0 aromatic heterocycles. The number of ketones is 1. The number of hydrogen-bond acceptors (Lipinski definition) is 6. The molecule has 1 saturated heterocycles. The molecule has 0 saturated carbocycles. The number of carbonyl (C=O) groups is 3. The third-order valence-corrected chi connectivity index (χ3v) is 5.75. The van der Waals surface area contributed by atoms with Gasteiger partial charge in [-0.3, -0.25) is 14.4 Å². The Balaban J connectivity index is 2.17. The zero-order valence-corrected chi connectivity index (χ0v) is 17.3. The van der Waals surface area contributed by atoms with Crippen LogP contribution in [0.15, 0.2) is 35.2 Å². The fraction of sp³-hybridized carbons (Fsp3) is 0.526. The molecule has 1 heterocycles. The summed E-state index contributed by atoms with van der Waals surface area (Å²) in [5.41, 5.74) is 0. The van der Waals surface area contributed by atoms with E-state index in [1.807, 2.05) is 13.8 Å². The number of Topliss-reactive ketones (excluding diaryl/α,β-unsaturated/α-hetero) is 1. The zero-order chi connectivity index (χ0) is 21.4. The van der Waals surface area contributed by atoms with Crippen molar-refractivity contribution >= 4 is 27.6 Å². The van der Waals surface area contributed by atoms with E-state index < -0.39 is 39.7 Å². The highest BCUT2D eigenvalue weighted by atomic mass is 32.2. The maximum absolute atomic E-state index is 12.8.